The maximum atomic E-state index is 9.23. The van der Waals surface area contributed by atoms with Gasteiger partial charge in [0, 0.05) is 51.2 Å². The van der Waals surface area contributed by atoms with Gasteiger partial charge in [-0.15, -0.1) is 0 Å². The van der Waals surface area contributed by atoms with Gasteiger partial charge in [0.15, 0.2) is 0 Å². The Bertz CT molecular complexity index is 398. The molecule has 2 fully saturated rings. The van der Waals surface area contributed by atoms with E-state index in [1.54, 1.807) is 0 Å². The Morgan fingerprint density at radius 2 is 2.21 bits per heavy atom. The van der Waals surface area contributed by atoms with Gasteiger partial charge in [0.25, 0.3) is 0 Å². The number of likely N-dealkylation sites (tertiary alicyclic amines) is 2. The molecular formula is C15H23N3O. The van der Waals surface area contributed by atoms with Crippen LogP contribution in [0, 0.1) is 5.92 Å². The molecule has 4 heteroatoms. The fraction of sp³-hybridized carbons (Fsp3) is 0.667. The van der Waals surface area contributed by atoms with Gasteiger partial charge in [-0.05, 0) is 36.9 Å². The molecule has 2 saturated heterocycles. The third-order valence-corrected chi connectivity index (χ3v) is 4.47. The molecule has 0 spiro atoms. The lowest BCUT2D eigenvalue weighted by Crippen LogP contribution is -2.36. The third-order valence-electron chi connectivity index (χ3n) is 4.47. The highest BCUT2D eigenvalue weighted by Gasteiger charge is 2.32. The lowest BCUT2D eigenvalue weighted by molar-refractivity contribution is 0.194. The number of aromatic nitrogens is 1. The summed E-state index contributed by atoms with van der Waals surface area (Å²) in [6, 6.07) is 4.85. The lowest BCUT2D eigenvalue weighted by Gasteiger charge is -2.24. The number of hydrogen-bond acceptors (Lipinski definition) is 4. The van der Waals surface area contributed by atoms with Crippen molar-refractivity contribution in [3.63, 3.8) is 0 Å². The highest BCUT2D eigenvalue weighted by molar-refractivity contribution is 5.08. The van der Waals surface area contributed by atoms with E-state index in [0.717, 1.165) is 32.6 Å². The summed E-state index contributed by atoms with van der Waals surface area (Å²) in [6.07, 6.45) is 6.22. The molecule has 2 atom stereocenters. The number of rotatable bonds is 4. The van der Waals surface area contributed by atoms with Crippen LogP contribution in [0.2, 0.25) is 0 Å². The normalized spacial score (nSPS) is 29.1. The van der Waals surface area contributed by atoms with Crippen molar-refractivity contribution in [2.45, 2.75) is 25.4 Å². The first-order valence-electron chi connectivity index (χ1n) is 7.31. The molecule has 4 nitrogen and oxygen atoms in total. The number of nitrogens with zero attached hydrogens (tertiary/aromatic N) is 3. The van der Waals surface area contributed by atoms with E-state index in [-0.39, 0.29) is 0 Å². The number of pyridine rings is 1. The minimum Gasteiger partial charge on any atom is -0.396 e. The van der Waals surface area contributed by atoms with Crippen molar-refractivity contribution in [2.75, 3.05) is 32.8 Å². The average molecular weight is 261 g/mol. The van der Waals surface area contributed by atoms with Crippen molar-refractivity contribution in [3.05, 3.63) is 30.1 Å². The topological polar surface area (TPSA) is 39.6 Å². The van der Waals surface area contributed by atoms with Gasteiger partial charge in [-0.3, -0.25) is 14.8 Å². The molecule has 2 aliphatic heterocycles. The van der Waals surface area contributed by atoms with Gasteiger partial charge in [-0.2, -0.15) is 0 Å². The number of aliphatic hydroxyl groups excluding tert-OH is 1. The van der Waals surface area contributed by atoms with E-state index in [2.05, 4.69) is 20.9 Å². The second kappa shape index (κ2) is 5.99. The van der Waals surface area contributed by atoms with Gasteiger partial charge in [-0.25, -0.2) is 0 Å². The van der Waals surface area contributed by atoms with Gasteiger partial charge < -0.3 is 5.11 Å². The fourth-order valence-electron chi connectivity index (χ4n) is 3.35. The fourth-order valence-corrected chi connectivity index (χ4v) is 3.35. The first-order valence-corrected chi connectivity index (χ1v) is 7.31. The maximum absolute atomic E-state index is 9.23. The summed E-state index contributed by atoms with van der Waals surface area (Å²) in [5, 5.41) is 9.23. The predicted molar refractivity (Wildman–Crippen MR) is 74.7 cm³/mol. The molecule has 2 unspecified atom stereocenters. The summed E-state index contributed by atoms with van der Waals surface area (Å²) in [6.45, 7) is 5.95. The quantitative estimate of drug-likeness (QED) is 0.877. The van der Waals surface area contributed by atoms with Crippen LogP contribution in [-0.4, -0.2) is 58.7 Å². The Morgan fingerprint density at radius 3 is 2.95 bits per heavy atom. The van der Waals surface area contributed by atoms with Gasteiger partial charge in [-0.1, -0.05) is 6.07 Å². The van der Waals surface area contributed by atoms with Crippen LogP contribution in [0.3, 0.4) is 0 Å². The largest absolute Gasteiger partial charge is 0.396 e. The van der Waals surface area contributed by atoms with Crippen molar-refractivity contribution in [3.8, 4) is 0 Å². The van der Waals surface area contributed by atoms with E-state index < -0.39 is 0 Å². The standard InChI is InChI=1S/C15H23N3O/c19-12-14-3-7-18(10-14)15-4-6-17(11-15)9-13-2-1-5-16-8-13/h1-2,5,8,14-15,19H,3-4,6-7,9-12H2. The van der Waals surface area contributed by atoms with E-state index in [0.29, 0.717) is 18.6 Å². The summed E-state index contributed by atoms with van der Waals surface area (Å²) in [4.78, 5) is 9.27. The Labute approximate surface area is 115 Å². The molecule has 0 saturated carbocycles. The Kier molecular flexibility index (Phi) is 4.11. The van der Waals surface area contributed by atoms with Crippen LogP contribution in [0.4, 0.5) is 0 Å². The van der Waals surface area contributed by atoms with Crippen LogP contribution in [0.1, 0.15) is 18.4 Å². The molecule has 1 aromatic heterocycles. The minimum atomic E-state index is 0.350. The van der Waals surface area contributed by atoms with Gasteiger partial charge >= 0.3 is 0 Å². The minimum absolute atomic E-state index is 0.350. The zero-order valence-electron chi connectivity index (χ0n) is 11.4. The number of hydrogen-bond donors (Lipinski definition) is 1. The molecule has 3 rings (SSSR count). The molecule has 1 N–H and O–H groups in total. The second-order valence-corrected chi connectivity index (χ2v) is 5.87. The third kappa shape index (κ3) is 3.14. The molecule has 2 aliphatic rings. The summed E-state index contributed by atoms with van der Waals surface area (Å²) < 4.78 is 0. The van der Waals surface area contributed by atoms with E-state index >= 15 is 0 Å². The molecule has 0 amide bonds. The van der Waals surface area contributed by atoms with E-state index in [9.17, 15) is 5.11 Å². The summed E-state index contributed by atoms with van der Waals surface area (Å²) in [5.41, 5.74) is 1.30. The van der Waals surface area contributed by atoms with Crippen LogP contribution >= 0.6 is 0 Å². The highest BCUT2D eigenvalue weighted by Crippen LogP contribution is 2.24. The van der Waals surface area contributed by atoms with Crippen LogP contribution in [0.5, 0.6) is 0 Å². The molecule has 1 aromatic rings. The molecule has 0 aliphatic carbocycles. The van der Waals surface area contributed by atoms with E-state index in [1.807, 2.05) is 18.5 Å². The summed E-state index contributed by atoms with van der Waals surface area (Å²) >= 11 is 0. The molecule has 0 radical (unpaired) electrons. The molecule has 19 heavy (non-hydrogen) atoms. The van der Waals surface area contributed by atoms with E-state index in [1.165, 1.54) is 18.5 Å². The van der Waals surface area contributed by atoms with E-state index in [4.69, 9.17) is 0 Å². The second-order valence-electron chi connectivity index (χ2n) is 5.87. The monoisotopic (exact) mass is 261 g/mol. The Morgan fingerprint density at radius 1 is 1.26 bits per heavy atom. The van der Waals surface area contributed by atoms with Crippen molar-refractivity contribution in [1.29, 1.82) is 0 Å². The summed E-state index contributed by atoms with van der Waals surface area (Å²) in [7, 11) is 0. The van der Waals surface area contributed by atoms with Gasteiger partial charge in [0.2, 0.25) is 0 Å². The molecule has 0 aromatic carbocycles. The first-order chi connectivity index (χ1) is 9.35. The van der Waals surface area contributed by atoms with Gasteiger partial charge in [0.1, 0.15) is 0 Å². The van der Waals surface area contributed by atoms with Crippen LogP contribution in [0.15, 0.2) is 24.5 Å². The lowest BCUT2D eigenvalue weighted by atomic mass is 10.1. The summed E-state index contributed by atoms with van der Waals surface area (Å²) in [5.74, 6) is 0.507. The van der Waals surface area contributed by atoms with Crippen LogP contribution in [0.25, 0.3) is 0 Å². The smallest absolute Gasteiger partial charge is 0.0471 e. The first kappa shape index (κ1) is 13.0. The van der Waals surface area contributed by atoms with Crippen molar-refractivity contribution in [2.24, 2.45) is 5.92 Å². The maximum Gasteiger partial charge on any atom is 0.0471 e. The zero-order chi connectivity index (χ0) is 13.1. The molecule has 0 bridgehead atoms. The van der Waals surface area contributed by atoms with Crippen molar-refractivity contribution in [1.82, 2.24) is 14.8 Å². The Balaban J connectivity index is 1.50. The number of aliphatic hydroxyl groups is 1. The SMILES string of the molecule is OCC1CCN(C2CCN(Cc3cccnc3)C2)C1. The predicted octanol–water partition coefficient (Wildman–Crippen LogP) is 0.970. The molecule has 3 heterocycles. The average Bonchev–Trinajstić information content (AvgIpc) is 3.08. The van der Waals surface area contributed by atoms with Crippen LogP contribution in [-0.2, 0) is 6.54 Å². The van der Waals surface area contributed by atoms with Crippen LogP contribution < -0.4 is 0 Å². The highest BCUT2D eigenvalue weighted by atomic mass is 16.3. The zero-order valence-corrected chi connectivity index (χ0v) is 11.4. The van der Waals surface area contributed by atoms with Gasteiger partial charge in [0.05, 0.1) is 0 Å². The van der Waals surface area contributed by atoms with Crippen molar-refractivity contribution < 1.29 is 5.11 Å². The molecule has 104 valence electrons. The Hall–Kier alpha value is -0.970. The van der Waals surface area contributed by atoms with Crippen molar-refractivity contribution >= 4 is 0 Å². The molecular weight excluding hydrogens is 238 g/mol.